The van der Waals surface area contributed by atoms with Crippen molar-refractivity contribution in [3.05, 3.63) is 0 Å². The molecule has 0 spiro atoms. The third-order valence-corrected chi connectivity index (χ3v) is 9.70. The molecule has 0 aromatic rings. The lowest BCUT2D eigenvalue weighted by Gasteiger charge is -2.49. The summed E-state index contributed by atoms with van der Waals surface area (Å²) in [6.07, 6.45) is -1.04. The SMILES string of the molecule is CC(F)(C(F)F)C(C)(C)[Si]1(C)CCCCO1. The maximum atomic E-state index is 14.2. The molecule has 1 aliphatic rings. The zero-order valence-corrected chi connectivity index (χ0v) is 11.4. The van der Waals surface area contributed by atoms with Crippen LogP contribution in [0.3, 0.4) is 0 Å². The van der Waals surface area contributed by atoms with E-state index in [1.807, 2.05) is 6.55 Å². The minimum atomic E-state index is -2.96. The summed E-state index contributed by atoms with van der Waals surface area (Å²) in [5, 5.41) is -1.07. The normalized spacial score (nSPS) is 31.5. The van der Waals surface area contributed by atoms with Gasteiger partial charge in [-0.25, -0.2) is 13.2 Å². The van der Waals surface area contributed by atoms with E-state index in [2.05, 4.69) is 0 Å². The topological polar surface area (TPSA) is 9.23 Å². The van der Waals surface area contributed by atoms with Gasteiger partial charge < -0.3 is 4.43 Å². The molecule has 1 aliphatic heterocycles. The van der Waals surface area contributed by atoms with E-state index in [9.17, 15) is 13.2 Å². The highest BCUT2D eigenvalue weighted by atomic mass is 28.4. The van der Waals surface area contributed by atoms with Gasteiger partial charge >= 0.3 is 0 Å². The Balaban J connectivity index is 2.99. The predicted molar refractivity (Wildman–Crippen MR) is 61.2 cm³/mol. The number of alkyl halides is 3. The molecule has 5 heteroatoms. The van der Waals surface area contributed by atoms with Crippen molar-refractivity contribution in [1.82, 2.24) is 0 Å². The largest absolute Gasteiger partial charge is 0.416 e. The Morgan fingerprint density at radius 2 is 1.75 bits per heavy atom. The second-order valence-corrected chi connectivity index (χ2v) is 10.0. The minimum absolute atomic E-state index is 0.589. The molecule has 0 amide bonds. The Kier molecular flexibility index (Phi) is 3.80. The van der Waals surface area contributed by atoms with Gasteiger partial charge in [-0.3, -0.25) is 0 Å². The lowest BCUT2D eigenvalue weighted by atomic mass is 9.93. The van der Waals surface area contributed by atoms with Crippen molar-refractivity contribution in [2.45, 2.75) is 63.3 Å². The van der Waals surface area contributed by atoms with Crippen LogP contribution in [-0.4, -0.2) is 27.0 Å². The van der Waals surface area contributed by atoms with Crippen molar-refractivity contribution < 1.29 is 17.6 Å². The summed E-state index contributed by atoms with van der Waals surface area (Å²) in [5.41, 5.74) is -2.48. The van der Waals surface area contributed by atoms with Crippen LogP contribution in [0, 0.1) is 0 Å². The van der Waals surface area contributed by atoms with E-state index in [4.69, 9.17) is 4.43 Å². The number of hydrogen-bond acceptors (Lipinski definition) is 1. The molecule has 0 saturated carbocycles. The van der Waals surface area contributed by atoms with E-state index < -0.39 is 25.4 Å². The first kappa shape index (κ1) is 14.0. The van der Waals surface area contributed by atoms with Crippen LogP contribution in [0.25, 0.3) is 0 Å². The van der Waals surface area contributed by atoms with Crippen LogP contribution < -0.4 is 0 Å². The average Bonchev–Trinajstić information content (AvgIpc) is 2.18. The van der Waals surface area contributed by atoms with E-state index in [0.29, 0.717) is 6.61 Å². The van der Waals surface area contributed by atoms with Crippen LogP contribution in [0.4, 0.5) is 13.2 Å². The van der Waals surface area contributed by atoms with Crippen molar-refractivity contribution >= 4 is 8.32 Å². The maximum absolute atomic E-state index is 14.2. The summed E-state index contributed by atoms with van der Waals surface area (Å²) in [6, 6.07) is 0.770. The van der Waals surface area contributed by atoms with Crippen molar-refractivity contribution in [3.8, 4) is 0 Å². The second kappa shape index (κ2) is 4.33. The summed E-state index contributed by atoms with van der Waals surface area (Å²) in [4.78, 5) is 0. The summed E-state index contributed by atoms with van der Waals surface area (Å²) < 4.78 is 45.6. The van der Waals surface area contributed by atoms with E-state index in [1.54, 1.807) is 13.8 Å². The second-order valence-electron chi connectivity index (χ2n) is 5.54. The molecule has 2 atom stereocenters. The Hall–Kier alpha value is -0.0331. The third kappa shape index (κ3) is 2.04. The molecule has 1 saturated heterocycles. The lowest BCUT2D eigenvalue weighted by molar-refractivity contribution is -0.0534. The standard InChI is InChI=1S/C11H21F3OSi/c1-10(2,11(3,14)9(12)13)16(4)8-6-5-7-15-16/h9H,5-8H2,1-4H3. The first-order valence-corrected chi connectivity index (χ1v) is 8.38. The fraction of sp³-hybridized carbons (Fsp3) is 1.00. The monoisotopic (exact) mass is 254 g/mol. The molecular weight excluding hydrogens is 233 g/mol. The molecule has 0 radical (unpaired) electrons. The van der Waals surface area contributed by atoms with Gasteiger partial charge in [-0.2, -0.15) is 0 Å². The van der Waals surface area contributed by atoms with Gasteiger partial charge in [-0.1, -0.05) is 20.3 Å². The molecule has 0 aromatic heterocycles. The van der Waals surface area contributed by atoms with Crippen molar-refractivity contribution in [3.63, 3.8) is 0 Å². The molecule has 1 nitrogen and oxygen atoms in total. The summed E-state index contributed by atoms with van der Waals surface area (Å²) >= 11 is 0. The summed E-state index contributed by atoms with van der Waals surface area (Å²) in [6.45, 7) is 6.67. The Morgan fingerprint density at radius 1 is 1.19 bits per heavy atom. The van der Waals surface area contributed by atoms with Crippen LogP contribution in [0.5, 0.6) is 0 Å². The minimum Gasteiger partial charge on any atom is -0.416 e. The van der Waals surface area contributed by atoms with Gasteiger partial charge in [0.1, 0.15) is 0 Å². The van der Waals surface area contributed by atoms with E-state index >= 15 is 0 Å². The van der Waals surface area contributed by atoms with Crippen molar-refractivity contribution in [1.29, 1.82) is 0 Å². The molecule has 1 heterocycles. The predicted octanol–water partition coefficient (Wildman–Crippen LogP) is 4.15. The maximum Gasteiger partial charge on any atom is 0.272 e. The zero-order chi connectivity index (χ0) is 12.6. The smallest absolute Gasteiger partial charge is 0.272 e. The lowest BCUT2D eigenvalue weighted by Crippen LogP contribution is -2.58. The quantitative estimate of drug-likeness (QED) is 0.688. The molecule has 1 fully saturated rings. The van der Waals surface area contributed by atoms with Gasteiger partial charge in [0, 0.05) is 11.6 Å². The molecule has 96 valence electrons. The first-order valence-electron chi connectivity index (χ1n) is 5.76. The van der Waals surface area contributed by atoms with Gasteiger partial charge in [0.25, 0.3) is 6.43 Å². The van der Waals surface area contributed by atoms with Gasteiger partial charge in [-0.15, -0.1) is 0 Å². The fourth-order valence-corrected chi connectivity index (χ4v) is 6.01. The van der Waals surface area contributed by atoms with Gasteiger partial charge in [0.15, 0.2) is 14.0 Å². The highest BCUT2D eigenvalue weighted by Crippen LogP contribution is 2.54. The first-order chi connectivity index (χ1) is 7.15. The Labute approximate surface area is 96.5 Å². The van der Waals surface area contributed by atoms with E-state index in [-0.39, 0.29) is 0 Å². The molecule has 0 aromatic carbocycles. The van der Waals surface area contributed by atoms with Crippen LogP contribution >= 0.6 is 0 Å². The third-order valence-electron chi connectivity index (χ3n) is 4.42. The van der Waals surface area contributed by atoms with E-state index in [1.165, 1.54) is 0 Å². The number of halogens is 3. The van der Waals surface area contributed by atoms with Gasteiger partial charge in [0.05, 0.1) is 0 Å². The average molecular weight is 254 g/mol. The number of hydrogen-bond donors (Lipinski definition) is 0. The van der Waals surface area contributed by atoms with E-state index in [0.717, 1.165) is 25.8 Å². The van der Waals surface area contributed by atoms with Crippen LogP contribution in [-0.2, 0) is 4.43 Å². The van der Waals surface area contributed by atoms with Gasteiger partial charge in [0.2, 0.25) is 0 Å². The van der Waals surface area contributed by atoms with Crippen LogP contribution in [0.2, 0.25) is 17.6 Å². The Morgan fingerprint density at radius 3 is 2.12 bits per heavy atom. The van der Waals surface area contributed by atoms with Crippen molar-refractivity contribution in [2.75, 3.05) is 6.61 Å². The zero-order valence-electron chi connectivity index (χ0n) is 10.4. The molecule has 0 N–H and O–H groups in total. The fourth-order valence-electron chi connectivity index (χ4n) is 2.22. The highest BCUT2D eigenvalue weighted by molar-refractivity contribution is 6.76. The molecular formula is C11H21F3OSi. The Bertz CT molecular complexity index is 248. The van der Waals surface area contributed by atoms with Crippen LogP contribution in [0.15, 0.2) is 0 Å². The van der Waals surface area contributed by atoms with Crippen LogP contribution in [0.1, 0.15) is 33.6 Å². The van der Waals surface area contributed by atoms with Gasteiger partial charge in [-0.05, 0) is 25.9 Å². The summed E-state index contributed by atoms with van der Waals surface area (Å²) in [7, 11) is -2.42. The molecule has 0 aliphatic carbocycles. The molecule has 16 heavy (non-hydrogen) atoms. The summed E-state index contributed by atoms with van der Waals surface area (Å²) in [5.74, 6) is 0. The molecule has 2 unspecified atom stereocenters. The highest BCUT2D eigenvalue weighted by Gasteiger charge is 2.60. The molecule has 0 bridgehead atoms. The number of rotatable bonds is 3. The van der Waals surface area contributed by atoms with Crippen molar-refractivity contribution in [2.24, 2.45) is 0 Å². The molecule has 1 rings (SSSR count).